The summed E-state index contributed by atoms with van der Waals surface area (Å²) >= 11 is 0. The molecule has 0 saturated carbocycles. The molecular weight excluding hydrogens is 240 g/mol. The molecule has 4 heteroatoms. The Morgan fingerprint density at radius 2 is 1.68 bits per heavy atom. The minimum absolute atomic E-state index is 0. The van der Waals surface area contributed by atoms with E-state index in [2.05, 4.69) is 30.9 Å². The zero-order valence-electron chi connectivity index (χ0n) is 11.2. The van der Waals surface area contributed by atoms with Crippen molar-refractivity contribution in [3.8, 4) is 0 Å². The molecule has 1 fully saturated rings. The van der Waals surface area contributed by atoms with E-state index in [0.29, 0.717) is 0 Å². The molecule has 1 aliphatic heterocycles. The number of methoxy groups -OCH3 is 1. The number of carbonyl (C=O) groups is 1. The molecule has 19 heavy (non-hydrogen) atoms. The minimum atomic E-state index is -0.234. The van der Waals surface area contributed by atoms with Crippen LogP contribution in [0.25, 0.3) is 0 Å². The van der Waals surface area contributed by atoms with Gasteiger partial charge in [-0.3, -0.25) is 4.90 Å². The first-order valence-electron chi connectivity index (χ1n) is 6.29. The van der Waals surface area contributed by atoms with Gasteiger partial charge in [0.2, 0.25) is 0 Å². The van der Waals surface area contributed by atoms with Crippen LogP contribution in [0.5, 0.6) is 0 Å². The van der Waals surface area contributed by atoms with Gasteiger partial charge in [-0.2, -0.15) is 0 Å². The summed E-state index contributed by atoms with van der Waals surface area (Å²) in [5, 5.41) is 0. The standard InChI is InChI=1S/C14H20N2O2.CH4/c1-11-9-15(13-7-5-4-6-8-13)10-12(2)16(11)14(17)18-3;/h4-8,11-12H,9-10H2,1-3H3;1H4. The maximum atomic E-state index is 11.7. The average Bonchev–Trinajstić information content (AvgIpc) is 2.38. The van der Waals surface area contributed by atoms with Crippen molar-refractivity contribution < 1.29 is 9.53 Å². The summed E-state index contributed by atoms with van der Waals surface area (Å²) in [6.07, 6.45) is -0.234. The number of rotatable bonds is 1. The smallest absolute Gasteiger partial charge is 0.410 e. The van der Waals surface area contributed by atoms with Crippen LogP contribution in [0.1, 0.15) is 21.3 Å². The van der Waals surface area contributed by atoms with Crippen molar-refractivity contribution in [1.29, 1.82) is 0 Å². The van der Waals surface area contributed by atoms with E-state index in [1.807, 2.05) is 23.1 Å². The van der Waals surface area contributed by atoms with Crippen LogP contribution in [-0.4, -0.2) is 43.3 Å². The quantitative estimate of drug-likeness (QED) is 0.781. The van der Waals surface area contributed by atoms with Crippen molar-refractivity contribution in [2.45, 2.75) is 33.4 Å². The number of hydrogen-bond donors (Lipinski definition) is 0. The van der Waals surface area contributed by atoms with Gasteiger partial charge in [-0.1, -0.05) is 25.6 Å². The van der Waals surface area contributed by atoms with Crippen molar-refractivity contribution in [3.05, 3.63) is 30.3 Å². The van der Waals surface area contributed by atoms with Crippen LogP contribution >= 0.6 is 0 Å². The molecule has 0 aliphatic carbocycles. The Balaban J connectivity index is 0.00000180. The summed E-state index contributed by atoms with van der Waals surface area (Å²) in [6, 6.07) is 10.6. The highest BCUT2D eigenvalue weighted by Crippen LogP contribution is 2.22. The number of amides is 1. The van der Waals surface area contributed by atoms with E-state index < -0.39 is 0 Å². The number of piperazine rings is 1. The highest BCUT2D eigenvalue weighted by Gasteiger charge is 2.33. The predicted octanol–water partition coefficient (Wildman–Crippen LogP) is 2.99. The molecule has 0 aromatic heterocycles. The van der Waals surface area contributed by atoms with E-state index in [-0.39, 0.29) is 25.6 Å². The third kappa shape index (κ3) is 3.19. The first kappa shape index (κ1) is 15.3. The van der Waals surface area contributed by atoms with Crippen molar-refractivity contribution in [1.82, 2.24) is 4.90 Å². The first-order chi connectivity index (χ1) is 8.63. The van der Waals surface area contributed by atoms with Gasteiger partial charge in [0.25, 0.3) is 0 Å². The Bertz CT molecular complexity index is 396. The molecule has 1 saturated heterocycles. The van der Waals surface area contributed by atoms with Gasteiger partial charge < -0.3 is 9.64 Å². The first-order valence-corrected chi connectivity index (χ1v) is 6.29. The van der Waals surface area contributed by atoms with Gasteiger partial charge in [0.15, 0.2) is 0 Å². The van der Waals surface area contributed by atoms with E-state index in [1.54, 1.807) is 0 Å². The molecule has 1 aromatic carbocycles. The lowest BCUT2D eigenvalue weighted by molar-refractivity contribution is 0.0820. The largest absolute Gasteiger partial charge is 0.453 e. The Hall–Kier alpha value is -1.71. The van der Waals surface area contributed by atoms with Crippen molar-refractivity contribution in [2.24, 2.45) is 0 Å². The number of nitrogens with zero attached hydrogens (tertiary/aromatic N) is 2. The summed E-state index contributed by atoms with van der Waals surface area (Å²) in [6.45, 7) is 5.79. The van der Waals surface area contributed by atoms with E-state index in [0.717, 1.165) is 13.1 Å². The summed E-state index contributed by atoms with van der Waals surface area (Å²) in [4.78, 5) is 15.8. The fourth-order valence-electron chi connectivity index (χ4n) is 2.64. The van der Waals surface area contributed by atoms with Crippen LogP contribution < -0.4 is 4.90 Å². The molecule has 0 bridgehead atoms. The molecule has 0 spiro atoms. The van der Waals surface area contributed by atoms with Crippen LogP contribution in [0.15, 0.2) is 30.3 Å². The van der Waals surface area contributed by atoms with Gasteiger partial charge in [-0.15, -0.1) is 0 Å². The molecule has 1 heterocycles. The van der Waals surface area contributed by atoms with Gasteiger partial charge in [0.05, 0.1) is 19.2 Å². The van der Waals surface area contributed by atoms with E-state index in [1.165, 1.54) is 12.8 Å². The van der Waals surface area contributed by atoms with Crippen LogP contribution in [0.4, 0.5) is 10.5 Å². The highest BCUT2D eigenvalue weighted by atomic mass is 16.5. The summed E-state index contributed by atoms with van der Waals surface area (Å²) in [5.74, 6) is 0. The van der Waals surface area contributed by atoms with Crippen LogP contribution in [0, 0.1) is 0 Å². The number of carbonyl (C=O) groups excluding carboxylic acids is 1. The highest BCUT2D eigenvalue weighted by molar-refractivity contribution is 5.69. The van der Waals surface area contributed by atoms with Crippen molar-refractivity contribution >= 4 is 11.8 Å². The lowest BCUT2D eigenvalue weighted by Gasteiger charge is -2.44. The van der Waals surface area contributed by atoms with Crippen molar-refractivity contribution in [2.75, 3.05) is 25.1 Å². The van der Waals surface area contributed by atoms with Gasteiger partial charge in [0.1, 0.15) is 0 Å². The molecule has 2 atom stereocenters. The number of para-hydroxylation sites is 1. The topological polar surface area (TPSA) is 32.8 Å². The number of benzene rings is 1. The molecule has 0 N–H and O–H groups in total. The Kier molecular flexibility index (Phi) is 5.21. The Labute approximate surface area is 116 Å². The van der Waals surface area contributed by atoms with E-state index >= 15 is 0 Å². The second kappa shape index (κ2) is 6.45. The van der Waals surface area contributed by atoms with Crippen LogP contribution in [0.2, 0.25) is 0 Å². The summed E-state index contributed by atoms with van der Waals surface area (Å²) in [7, 11) is 1.44. The minimum Gasteiger partial charge on any atom is -0.453 e. The molecule has 2 rings (SSSR count). The molecular formula is C15H24N2O2. The lowest BCUT2D eigenvalue weighted by Crippen LogP contribution is -2.58. The SMILES string of the molecule is C.COC(=O)N1C(C)CN(c2ccccc2)CC1C. The molecule has 1 aromatic rings. The maximum Gasteiger partial charge on any atom is 0.410 e. The van der Waals surface area contributed by atoms with Crippen LogP contribution in [0.3, 0.4) is 0 Å². The molecule has 1 amide bonds. The third-order valence-corrected chi connectivity index (χ3v) is 3.43. The third-order valence-electron chi connectivity index (χ3n) is 3.43. The fraction of sp³-hybridized carbons (Fsp3) is 0.533. The number of anilines is 1. The summed E-state index contributed by atoms with van der Waals surface area (Å²) in [5.41, 5.74) is 1.21. The molecule has 2 unspecified atom stereocenters. The molecule has 1 aliphatic rings. The normalized spacial score (nSPS) is 22.7. The Morgan fingerprint density at radius 3 is 2.16 bits per heavy atom. The monoisotopic (exact) mass is 264 g/mol. The van der Waals surface area contributed by atoms with Gasteiger partial charge in [-0.25, -0.2) is 4.79 Å². The predicted molar refractivity (Wildman–Crippen MR) is 78.6 cm³/mol. The van der Waals surface area contributed by atoms with Crippen LogP contribution in [-0.2, 0) is 4.74 Å². The van der Waals surface area contributed by atoms with Gasteiger partial charge in [-0.05, 0) is 26.0 Å². The van der Waals surface area contributed by atoms with E-state index in [9.17, 15) is 4.79 Å². The number of ether oxygens (including phenoxy) is 1. The molecule has 4 nitrogen and oxygen atoms in total. The fourth-order valence-corrected chi connectivity index (χ4v) is 2.64. The second-order valence-electron chi connectivity index (χ2n) is 4.82. The lowest BCUT2D eigenvalue weighted by atomic mass is 10.1. The zero-order chi connectivity index (χ0) is 13.1. The van der Waals surface area contributed by atoms with Gasteiger partial charge in [0, 0.05) is 18.8 Å². The van der Waals surface area contributed by atoms with E-state index in [4.69, 9.17) is 4.74 Å². The second-order valence-corrected chi connectivity index (χ2v) is 4.82. The van der Waals surface area contributed by atoms with Crippen molar-refractivity contribution in [3.63, 3.8) is 0 Å². The summed E-state index contributed by atoms with van der Waals surface area (Å²) < 4.78 is 4.84. The molecule has 106 valence electrons. The average molecular weight is 264 g/mol. The molecule has 0 radical (unpaired) electrons. The maximum absolute atomic E-state index is 11.7. The number of hydrogen-bond acceptors (Lipinski definition) is 3. The zero-order valence-corrected chi connectivity index (χ0v) is 11.2. The Morgan fingerprint density at radius 1 is 1.16 bits per heavy atom. The van der Waals surface area contributed by atoms with Gasteiger partial charge >= 0.3 is 6.09 Å².